The lowest BCUT2D eigenvalue weighted by Crippen LogP contribution is -2.27. The van der Waals surface area contributed by atoms with Crippen LogP contribution in [0.4, 0.5) is 0 Å². The number of amides is 1. The summed E-state index contributed by atoms with van der Waals surface area (Å²) in [5.74, 6) is 0.986. The molecule has 5 nitrogen and oxygen atoms in total. The summed E-state index contributed by atoms with van der Waals surface area (Å²) in [5, 5.41) is 7.51. The van der Waals surface area contributed by atoms with E-state index in [0.29, 0.717) is 22.1 Å². The van der Waals surface area contributed by atoms with Crippen LogP contribution >= 0.6 is 11.6 Å². The maximum atomic E-state index is 12.8. The van der Waals surface area contributed by atoms with E-state index < -0.39 is 0 Å². The highest BCUT2D eigenvalue weighted by Crippen LogP contribution is 2.25. The van der Waals surface area contributed by atoms with E-state index in [4.69, 9.17) is 20.9 Å². The zero-order chi connectivity index (χ0) is 19.4. The maximum absolute atomic E-state index is 12.8. The Morgan fingerprint density at radius 3 is 2.59 bits per heavy atom. The third kappa shape index (κ3) is 4.31. The van der Waals surface area contributed by atoms with E-state index >= 15 is 0 Å². The van der Waals surface area contributed by atoms with Crippen molar-refractivity contribution in [2.75, 3.05) is 0 Å². The van der Waals surface area contributed by atoms with Gasteiger partial charge in [0.05, 0.1) is 22.9 Å². The highest BCUT2D eigenvalue weighted by molar-refractivity contribution is 6.31. The van der Waals surface area contributed by atoms with E-state index in [0.717, 1.165) is 16.8 Å². The molecule has 0 aliphatic rings. The number of carbonyl (C=O) groups excluding carboxylic acids is 1. The van der Waals surface area contributed by atoms with Crippen LogP contribution in [0.5, 0.6) is 5.75 Å². The van der Waals surface area contributed by atoms with Crippen LogP contribution in [0.1, 0.15) is 45.9 Å². The number of nitrogens with zero attached hydrogens (tertiary/aromatic N) is 1. The number of halogens is 1. The lowest BCUT2D eigenvalue weighted by molar-refractivity contribution is 0.0935. The van der Waals surface area contributed by atoms with Crippen molar-refractivity contribution in [3.63, 3.8) is 0 Å². The van der Waals surface area contributed by atoms with Gasteiger partial charge in [-0.05, 0) is 44.5 Å². The molecule has 3 aromatic rings. The summed E-state index contributed by atoms with van der Waals surface area (Å²) in [7, 11) is 0. The minimum Gasteiger partial charge on any atom is -0.488 e. The molecule has 0 aliphatic carbocycles. The SMILES string of the molecule is Cc1noc(C)c1COc1ccccc1C(=O)NC(C)c1ccccc1Cl. The summed E-state index contributed by atoms with van der Waals surface area (Å²) in [6.07, 6.45) is 0. The fourth-order valence-corrected chi connectivity index (χ4v) is 3.12. The van der Waals surface area contributed by atoms with E-state index in [9.17, 15) is 4.79 Å². The topological polar surface area (TPSA) is 64.4 Å². The van der Waals surface area contributed by atoms with Gasteiger partial charge in [0.15, 0.2) is 0 Å². The van der Waals surface area contributed by atoms with Crippen LogP contribution in [0, 0.1) is 13.8 Å². The van der Waals surface area contributed by atoms with Crippen molar-refractivity contribution >= 4 is 17.5 Å². The third-order valence-electron chi connectivity index (χ3n) is 4.40. The van der Waals surface area contributed by atoms with E-state index in [-0.39, 0.29) is 18.6 Å². The molecular weight excluding hydrogens is 364 g/mol. The Bertz CT molecular complexity index is 933. The molecule has 0 bridgehead atoms. The Hall–Kier alpha value is -2.79. The molecule has 0 aliphatic heterocycles. The Morgan fingerprint density at radius 2 is 1.89 bits per heavy atom. The molecule has 1 aromatic heterocycles. The van der Waals surface area contributed by atoms with Gasteiger partial charge in [-0.1, -0.05) is 47.1 Å². The molecule has 0 saturated carbocycles. The quantitative estimate of drug-likeness (QED) is 0.648. The Labute approximate surface area is 163 Å². The van der Waals surface area contributed by atoms with E-state index in [1.165, 1.54) is 0 Å². The van der Waals surface area contributed by atoms with Gasteiger partial charge in [-0.2, -0.15) is 0 Å². The third-order valence-corrected chi connectivity index (χ3v) is 4.75. The van der Waals surface area contributed by atoms with Crippen molar-refractivity contribution in [3.05, 3.63) is 81.7 Å². The highest BCUT2D eigenvalue weighted by atomic mass is 35.5. The van der Waals surface area contributed by atoms with Crippen molar-refractivity contribution in [3.8, 4) is 5.75 Å². The van der Waals surface area contributed by atoms with Gasteiger partial charge in [0.1, 0.15) is 18.1 Å². The van der Waals surface area contributed by atoms with Crippen LogP contribution in [-0.4, -0.2) is 11.1 Å². The minimum absolute atomic E-state index is 0.225. The summed E-state index contributed by atoms with van der Waals surface area (Å²) in [6.45, 7) is 5.87. The Balaban J connectivity index is 1.75. The molecule has 1 amide bonds. The fraction of sp³-hybridized carbons (Fsp3) is 0.238. The lowest BCUT2D eigenvalue weighted by atomic mass is 10.1. The lowest BCUT2D eigenvalue weighted by Gasteiger charge is -2.17. The predicted molar refractivity (Wildman–Crippen MR) is 104 cm³/mol. The van der Waals surface area contributed by atoms with Crippen molar-refractivity contribution in [2.45, 2.75) is 33.4 Å². The molecule has 0 radical (unpaired) electrons. The van der Waals surface area contributed by atoms with Crippen LogP contribution in [-0.2, 0) is 6.61 Å². The van der Waals surface area contributed by atoms with Gasteiger partial charge in [0.2, 0.25) is 0 Å². The molecule has 0 spiro atoms. The fourth-order valence-electron chi connectivity index (χ4n) is 2.82. The number of carbonyl (C=O) groups is 1. The molecular formula is C21H21ClN2O3. The molecule has 1 unspecified atom stereocenters. The second kappa shape index (κ2) is 8.27. The molecule has 1 atom stereocenters. The van der Waals surface area contributed by atoms with Gasteiger partial charge in [0, 0.05) is 5.02 Å². The van der Waals surface area contributed by atoms with Gasteiger partial charge in [0.25, 0.3) is 5.91 Å². The number of nitrogens with one attached hydrogen (secondary N) is 1. The van der Waals surface area contributed by atoms with Crippen molar-refractivity contribution in [2.24, 2.45) is 0 Å². The Kier molecular flexibility index (Phi) is 5.81. The summed E-state index contributed by atoms with van der Waals surface area (Å²) in [6, 6.07) is 14.4. The number of rotatable bonds is 6. The largest absolute Gasteiger partial charge is 0.488 e. The molecule has 1 heterocycles. The standard InChI is InChI=1S/C21H21ClN2O3/c1-13(16-8-4-6-10-19(16)22)23-21(25)17-9-5-7-11-20(17)26-12-18-14(2)24-27-15(18)3/h4-11,13H,12H2,1-3H3,(H,23,25). The first-order chi connectivity index (χ1) is 13.0. The average Bonchev–Trinajstić information content (AvgIpc) is 2.98. The van der Waals surface area contributed by atoms with Crippen molar-refractivity contribution < 1.29 is 14.1 Å². The zero-order valence-corrected chi connectivity index (χ0v) is 16.2. The van der Waals surface area contributed by atoms with E-state index in [1.54, 1.807) is 24.3 Å². The smallest absolute Gasteiger partial charge is 0.255 e. The molecule has 27 heavy (non-hydrogen) atoms. The summed E-state index contributed by atoms with van der Waals surface area (Å²) >= 11 is 6.23. The van der Waals surface area contributed by atoms with Crippen LogP contribution < -0.4 is 10.1 Å². The number of aryl methyl sites for hydroxylation is 2. The predicted octanol–water partition coefficient (Wildman–Crippen LogP) is 5.01. The molecule has 1 N–H and O–H groups in total. The van der Waals surface area contributed by atoms with Crippen molar-refractivity contribution in [1.82, 2.24) is 10.5 Å². The van der Waals surface area contributed by atoms with Gasteiger partial charge < -0.3 is 14.6 Å². The number of hydrogen-bond acceptors (Lipinski definition) is 4. The van der Waals surface area contributed by atoms with Gasteiger partial charge in [-0.25, -0.2) is 0 Å². The molecule has 0 saturated heterocycles. The number of benzene rings is 2. The molecule has 0 fully saturated rings. The average molecular weight is 385 g/mol. The van der Waals surface area contributed by atoms with Gasteiger partial charge in [-0.15, -0.1) is 0 Å². The summed E-state index contributed by atoms with van der Waals surface area (Å²) < 4.78 is 11.0. The van der Waals surface area contributed by atoms with Gasteiger partial charge >= 0.3 is 0 Å². The zero-order valence-electron chi connectivity index (χ0n) is 15.5. The molecule has 3 rings (SSSR count). The summed E-state index contributed by atoms with van der Waals surface area (Å²) in [5.41, 5.74) is 2.99. The first-order valence-corrected chi connectivity index (χ1v) is 9.04. The van der Waals surface area contributed by atoms with Gasteiger partial charge in [-0.3, -0.25) is 4.79 Å². The van der Waals surface area contributed by atoms with E-state index in [1.807, 2.05) is 45.0 Å². The van der Waals surface area contributed by atoms with Crippen LogP contribution in [0.2, 0.25) is 5.02 Å². The maximum Gasteiger partial charge on any atom is 0.255 e. The number of para-hydroxylation sites is 1. The number of ether oxygens (including phenoxy) is 1. The molecule has 140 valence electrons. The number of aromatic nitrogens is 1. The normalized spacial score (nSPS) is 11.9. The Morgan fingerprint density at radius 1 is 1.19 bits per heavy atom. The van der Waals surface area contributed by atoms with Crippen molar-refractivity contribution in [1.29, 1.82) is 0 Å². The van der Waals surface area contributed by atoms with Crippen LogP contribution in [0.3, 0.4) is 0 Å². The van der Waals surface area contributed by atoms with Crippen LogP contribution in [0.15, 0.2) is 53.1 Å². The monoisotopic (exact) mass is 384 g/mol. The highest BCUT2D eigenvalue weighted by Gasteiger charge is 2.18. The first kappa shape index (κ1) is 19.0. The number of hydrogen-bond donors (Lipinski definition) is 1. The second-order valence-electron chi connectivity index (χ2n) is 6.30. The second-order valence-corrected chi connectivity index (χ2v) is 6.71. The first-order valence-electron chi connectivity index (χ1n) is 8.66. The molecule has 6 heteroatoms. The minimum atomic E-state index is -0.234. The van der Waals surface area contributed by atoms with E-state index in [2.05, 4.69) is 10.5 Å². The van der Waals surface area contributed by atoms with Crippen LogP contribution in [0.25, 0.3) is 0 Å². The molecule has 2 aromatic carbocycles. The summed E-state index contributed by atoms with van der Waals surface area (Å²) in [4.78, 5) is 12.8.